The molecule has 1 aliphatic heterocycles. The van der Waals surface area contributed by atoms with E-state index in [0.717, 1.165) is 47.6 Å². The lowest BCUT2D eigenvalue weighted by molar-refractivity contribution is 0.0988. The molecule has 1 saturated heterocycles. The van der Waals surface area contributed by atoms with Crippen LogP contribution in [0.1, 0.15) is 34.3 Å². The quantitative estimate of drug-likeness (QED) is 0.673. The third-order valence-electron chi connectivity index (χ3n) is 5.55. The van der Waals surface area contributed by atoms with Crippen LogP contribution in [0.5, 0.6) is 0 Å². The van der Waals surface area contributed by atoms with Crippen LogP contribution < -0.4 is 0 Å². The second kappa shape index (κ2) is 7.24. The Hall–Kier alpha value is -2.53. The molecule has 140 valence electrons. The summed E-state index contributed by atoms with van der Waals surface area (Å²) in [6.07, 6.45) is 5.47. The first-order valence-electron chi connectivity index (χ1n) is 9.28. The summed E-state index contributed by atoms with van der Waals surface area (Å²) in [4.78, 5) is 18.1. The Balaban J connectivity index is 1.58. The maximum Gasteiger partial charge on any atom is 0.170 e. The highest BCUT2D eigenvalue weighted by Crippen LogP contribution is 2.26. The second-order valence-electron chi connectivity index (χ2n) is 7.40. The fraction of sp³-hybridized carbons (Fsp3) is 0.318. The van der Waals surface area contributed by atoms with Gasteiger partial charge in [0.2, 0.25) is 0 Å². The molecule has 2 aromatic carbocycles. The minimum atomic E-state index is -0.686. The Labute approximate surface area is 157 Å². The molecule has 0 aliphatic carbocycles. The number of aromatic amines is 1. The first-order valence-corrected chi connectivity index (χ1v) is 9.28. The molecule has 0 radical (unpaired) electrons. The molecule has 2 heterocycles. The summed E-state index contributed by atoms with van der Waals surface area (Å²) in [7, 11) is 2.16. The van der Waals surface area contributed by atoms with E-state index in [4.69, 9.17) is 0 Å². The Kier molecular flexibility index (Phi) is 4.79. The van der Waals surface area contributed by atoms with Crippen molar-refractivity contribution in [2.24, 2.45) is 0 Å². The van der Waals surface area contributed by atoms with E-state index in [2.05, 4.69) is 16.9 Å². The fourth-order valence-corrected chi connectivity index (χ4v) is 3.99. The number of fused-ring (bicyclic) bond motifs is 1. The maximum atomic E-state index is 13.9. The number of halogens is 2. The molecule has 1 atom stereocenters. The summed E-state index contributed by atoms with van der Waals surface area (Å²) >= 11 is 0. The number of hydrogen-bond donors (Lipinski definition) is 1. The van der Waals surface area contributed by atoms with Gasteiger partial charge in [-0.25, -0.2) is 8.78 Å². The molecule has 27 heavy (non-hydrogen) atoms. The Morgan fingerprint density at radius 3 is 2.85 bits per heavy atom. The molecule has 5 heteroatoms. The zero-order valence-corrected chi connectivity index (χ0v) is 15.3. The smallest absolute Gasteiger partial charge is 0.170 e. The van der Waals surface area contributed by atoms with E-state index in [0.29, 0.717) is 6.04 Å². The maximum absolute atomic E-state index is 13.9. The highest BCUT2D eigenvalue weighted by molar-refractivity contribution is 5.98. The van der Waals surface area contributed by atoms with E-state index in [1.165, 1.54) is 18.4 Å². The monoisotopic (exact) mass is 368 g/mol. The number of benzene rings is 2. The summed E-state index contributed by atoms with van der Waals surface area (Å²) in [5.41, 5.74) is 2.86. The number of carbonyl (C=O) groups excluding carboxylic acids is 1. The number of likely N-dealkylation sites (N-methyl/N-ethyl adjacent to an activating group) is 1. The lowest BCUT2D eigenvalue weighted by Crippen LogP contribution is -2.26. The predicted octanol–water partition coefficient (Wildman–Crippen LogP) is 4.51. The number of rotatable bonds is 5. The molecule has 1 aliphatic rings. The number of likely N-dealkylation sites (tertiary alicyclic amines) is 1. The summed E-state index contributed by atoms with van der Waals surface area (Å²) < 4.78 is 27.2. The van der Waals surface area contributed by atoms with Gasteiger partial charge in [-0.05, 0) is 74.3 Å². The van der Waals surface area contributed by atoms with Gasteiger partial charge in [-0.15, -0.1) is 0 Å². The van der Waals surface area contributed by atoms with Gasteiger partial charge in [0.1, 0.15) is 11.6 Å². The van der Waals surface area contributed by atoms with E-state index >= 15 is 0 Å². The Bertz CT molecular complexity index is 995. The molecule has 0 amide bonds. The van der Waals surface area contributed by atoms with Crippen molar-refractivity contribution < 1.29 is 13.6 Å². The SMILES string of the molecule is CN1CCCC1Cc1c[nH]c2ccc(CC(=O)c3cc(F)ccc3F)cc12. The fourth-order valence-electron chi connectivity index (χ4n) is 3.99. The number of H-pyrrole nitrogens is 1. The molecular formula is C22H22F2N2O. The lowest BCUT2D eigenvalue weighted by Gasteiger charge is -2.18. The van der Waals surface area contributed by atoms with Crippen molar-refractivity contribution in [1.29, 1.82) is 0 Å². The van der Waals surface area contributed by atoms with Crippen molar-refractivity contribution in [3.05, 3.63) is 70.9 Å². The average molecular weight is 368 g/mol. The van der Waals surface area contributed by atoms with Crippen LogP contribution in [-0.2, 0) is 12.8 Å². The van der Waals surface area contributed by atoms with Crippen LogP contribution in [-0.4, -0.2) is 35.3 Å². The molecular weight excluding hydrogens is 346 g/mol. The summed E-state index contributed by atoms with van der Waals surface area (Å²) in [6.45, 7) is 1.13. The molecule has 1 fully saturated rings. The van der Waals surface area contributed by atoms with Crippen molar-refractivity contribution in [2.45, 2.75) is 31.7 Å². The summed E-state index contributed by atoms with van der Waals surface area (Å²) in [5, 5.41) is 1.10. The van der Waals surface area contributed by atoms with Crippen molar-refractivity contribution in [1.82, 2.24) is 9.88 Å². The van der Waals surface area contributed by atoms with E-state index in [9.17, 15) is 13.6 Å². The largest absolute Gasteiger partial charge is 0.361 e. The van der Waals surface area contributed by atoms with Gasteiger partial charge in [-0.1, -0.05) is 6.07 Å². The highest BCUT2D eigenvalue weighted by Gasteiger charge is 2.22. The van der Waals surface area contributed by atoms with Crippen LogP contribution in [0, 0.1) is 11.6 Å². The average Bonchev–Trinajstić information content (AvgIpc) is 3.24. The molecule has 1 unspecified atom stereocenters. The Morgan fingerprint density at radius 1 is 1.22 bits per heavy atom. The first kappa shape index (κ1) is 17.9. The molecule has 0 bridgehead atoms. The molecule has 1 aromatic heterocycles. The van der Waals surface area contributed by atoms with Crippen molar-refractivity contribution in [3.63, 3.8) is 0 Å². The normalized spacial score (nSPS) is 17.7. The number of hydrogen-bond acceptors (Lipinski definition) is 2. The number of aromatic nitrogens is 1. The van der Waals surface area contributed by atoms with Gasteiger partial charge in [-0.3, -0.25) is 4.79 Å². The van der Waals surface area contributed by atoms with Crippen LogP contribution in [0.2, 0.25) is 0 Å². The van der Waals surface area contributed by atoms with Crippen molar-refractivity contribution >= 4 is 16.7 Å². The van der Waals surface area contributed by atoms with Gasteiger partial charge < -0.3 is 9.88 Å². The molecule has 0 spiro atoms. The van der Waals surface area contributed by atoms with Crippen molar-refractivity contribution in [3.8, 4) is 0 Å². The molecule has 3 nitrogen and oxygen atoms in total. The lowest BCUT2D eigenvalue weighted by atomic mass is 9.98. The van der Waals surface area contributed by atoms with Gasteiger partial charge in [-0.2, -0.15) is 0 Å². The third kappa shape index (κ3) is 3.65. The molecule has 3 aromatic rings. The Morgan fingerprint density at radius 2 is 2.07 bits per heavy atom. The molecule has 1 N–H and O–H groups in total. The predicted molar refractivity (Wildman–Crippen MR) is 102 cm³/mol. The van der Waals surface area contributed by atoms with Crippen LogP contribution in [0.25, 0.3) is 10.9 Å². The molecule has 0 saturated carbocycles. The zero-order valence-electron chi connectivity index (χ0n) is 15.3. The van der Waals surface area contributed by atoms with Crippen LogP contribution in [0.15, 0.2) is 42.6 Å². The van der Waals surface area contributed by atoms with E-state index in [1.807, 2.05) is 24.4 Å². The topological polar surface area (TPSA) is 36.1 Å². The summed E-state index contributed by atoms with van der Waals surface area (Å²) in [6, 6.07) is 9.31. The minimum Gasteiger partial charge on any atom is -0.361 e. The first-order chi connectivity index (χ1) is 13.0. The van der Waals surface area contributed by atoms with Gasteiger partial charge in [0.05, 0.1) is 5.56 Å². The zero-order chi connectivity index (χ0) is 19.0. The molecule has 4 rings (SSSR count). The number of Topliss-reactive ketones (excluding diaryl/α,β-unsaturated/α-hetero) is 1. The number of nitrogens with one attached hydrogen (secondary N) is 1. The second-order valence-corrected chi connectivity index (χ2v) is 7.40. The van der Waals surface area contributed by atoms with Gasteiger partial charge in [0.15, 0.2) is 5.78 Å². The van der Waals surface area contributed by atoms with E-state index in [1.54, 1.807) is 0 Å². The van der Waals surface area contributed by atoms with E-state index < -0.39 is 17.4 Å². The van der Waals surface area contributed by atoms with Gasteiger partial charge in [0, 0.05) is 29.6 Å². The highest BCUT2D eigenvalue weighted by atomic mass is 19.1. The van der Waals surface area contributed by atoms with Crippen LogP contribution in [0.3, 0.4) is 0 Å². The standard InChI is InChI=1S/C22H22F2N2O/c1-26-8-2-3-17(26)11-15-13-25-21-7-4-14(9-18(15)21)10-22(27)19-12-16(23)5-6-20(19)24/h4-7,9,12-13,17,25H,2-3,8,10-11H2,1H3. The van der Waals surface area contributed by atoms with E-state index in [-0.39, 0.29) is 12.0 Å². The number of ketones is 1. The van der Waals surface area contributed by atoms with Gasteiger partial charge >= 0.3 is 0 Å². The number of nitrogens with zero attached hydrogens (tertiary/aromatic N) is 1. The van der Waals surface area contributed by atoms with Crippen molar-refractivity contribution in [2.75, 3.05) is 13.6 Å². The minimum absolute atomic E-state index is 0.0459. The van der Waals surface area contributed by atoms with Crippen LogP contribution >= 0.6 is 0 Å². The van der Waals surface area contributed by atoms with Gasteiger partial charge in [0.25, 0.3) is 0 Å². The van der Waals surface area contributed by atoms with Crippen LogP contribution in [0.4, 0.5) is 8.78 Å². The summed E-state index contributed by atoms with van der Waals surface area (Å²) in [5.74, 6) is -1.71. The number of carbonyl (C=O) groups is 1. The third-order valence-corrected chi connectivity index (χ3v) is 5.55.